The lowest BCUT2D eigenvalue weighted by molar-refractivity contribution is 0.0796. The second-order valence-electron chi connectivity index (χ2n) is 8.60. The summed E-state index contributed by atoms with van der Waals surface area (Å²) in [5.41, 5.74) is 5.56. The Balaban J connectivity index is 1.64. The number of rotatable bonds is 9. The summed E-state index contributed by atoms with van der Waals surface area (Å²) in [6.07, 6.45) is 0.698. The normalized spacial score (nSPS) is 10.7. The predicted molar refractivity (Wildman–Crippen MR) is 143 cm³/mol. The van der Waals surface area contributed by atoms with Crippen LogP contribution in [0, 0.1) is 6.92 Å². The van der Waals surface area contributed by atoms with Gasteiger partial charge in [-0.2, -0.15) is 0 Å². The number of carbonyl (C=O) groups excluding carboxylic acids is 1. The molecule has 4 aromatic rings. The van der Waals surface area contributed by atoms with Gasteiger partial charge in [-0.05, 0) is 54.8 Å². The first-order valence-electron chi connectivity index (χ1n) is 11.9. The van der Waals surface area contributed by atoms with Crippen LogP contribution in [0.2, 0.25) is 0 Å². The van der Waals surface area contributed by atoms with E-state index in [2.05, 4.69) is 16.7 Å². The van der Waals surface area contributed by atoms with Crippen molar-refractivity contribution in [3.05, 3.63) is 95.7 Å². The summed E-state index contributed by atoms with van der Waals surface area (Å²) in [5.74, 6) is 2.11. The van der Waals surface area contributed by atoms with E-state index in [4.69, 9.17) is 14.2 Å². The Bertz CT molecular complexity index is 1340. The molecule has 0 atom stereocenters. The van der Waals surface area contributed by atoms with Crippen LogP contribution in [0.1, 0.15) is 21.6 Å². The zero-order chi connectivity index (χ0) is 25.7. The molecule has 0 saturated heterocycles. The number of ether oxygens (including phenoxy) is 3. The zero-order valence-corrected chi connectivity index (χ0v) is 21.4. The van der Waals surface area contributed by atoms with Gasteiger partial charge in [0, 0.05) is 31.0 Å². The van der Waals surface area contributed by atoms with E-state index in [1.807, 2.05) is 80.7 Å². The Labute approximate surface area is 212 Å². The first kappa shape index (κ1) is 24.9. The van der Waals surface area contributed by atoms with Crippen molar-refractivity contribution in [1.29, 1.82) is 0 Å². The molecule has 0 aliphatic carbocycles. The van der Waals surface area contributed by atoms with E-state index in [9.17, 15) is 4.79 Å². The Morgan fingerprint density at radius 1 is 0.833 bits per heavy atom. The molecule has 0 bridgehead atoms. The van der Waals surface area contributed by atoms with Crippen molar-refractivity contribution in [3.8, 4) is 34.2 Å². The molecule has 0 radical (unpaired) electrons. The zero-order valence-electron chi connectivity index (χ0n) is 21.4. The van der Waals surface area contributed by atoms with Gasteiger partial charge in [0.25, 0.3) is 5.91 Å². The fraction of sp³-hybridized carbons (Fsp3) is 0.233. The highest BCUT2D eigenvalue weighted by atomic mass is 16.5. The second kappa shape index (κ2) is 11.0. The fourth-order valence-electron chi connectivity index (χ4n) is 4.37. The van der Waals surface area contributed by atoms with Gasteiger partial charge in [0.05, 0.1) is 32.6 Å². The summed E-state index contributed by atoms with van der Waals surface area (Å²) >= 11 is 0. The monoisotopic (exact) mass is 484 g/mol. The van der Waals surface area contributed by atoms with Crippen molar-refractivity contribution < 1.29 is 19.0 Å². The summed E-state index contributed by atoms with van der Waals surface area (Å²) in [4.78, 5) is 15.4. The molecule has 0 unspecified atom stereocenters. The van der Waals surface area contributed by atoms with Crippen LogP contribution in [-0.2, 0) is 6.42 Å². The topological polar surface area (TPSA) is 52.9 Å². The molecule has 0 spiro atoms. The number of benzene rings is 3. The molecule has 36 heavy (non-hydrogen) atoms. The van der Waals surface area contributed by atoms with Crippen LogP contribution in [0.4, 0.5) is 0 Å². The SMILES string of the molecule is COc1cccc(-n2c(-c3ccccc3)cc(C(=O)N(C)CCc3ccc(OC)c(OC)c3)c2C)c1. The Morgan fingerprint density at radius 2 is 1.58 bits per heavy atom. The van der Waals surface area contributed by atoms with Gasteiger partial charge in [0.15, 0.2) is 11.5 Å². The van der Waals surface area contributed by atoms with Crippen LogP contribution < -0.4 is 14.2 Å². The van der Waals surface area contributed by atoms with Crippen molar-refractivity contribution in [3.63, 3.8) is 0 Å². The van der Waals surface area contributed by atoms with Crippen LogP contribution in [0.25, 0.3) is 16.9 Å². The Kier molecular flexibility index (Phi) is 7.64. The highest BCUT2D eigenvalue weighted by molar-refractivity contribution is 5.97. The molecule has 6 nitrogen and oxygen atoms in total. The van der Waals surface area contributed by atoms with Gasteiger partial charge in [0.2, 0.25) is 0 Å². The molecule has 1 heterocycles. The first-order chi connectivity index (χ1) is 17.5. The molecule has 1 aromatic heterocycles. The van der Waals surface area contributed by atoms with Crippen LogP contribution in [0.3, 0.4) is 0 Å². The summed E-state index contributed by atoms with van der Waals surface area (Å²) in [6.45, 7) is 2.56. The van der Waals surface area contributed by atoms with E-state index < -0.39 is 0 Å². The van der Waals surface area contributed by atoms with E-state index in [0.29, 0.717) is 30.0 Å². The largest absolute Gasteiger partial charge is 0.497 e. The number of methoxy groups -OCH3 is 3. The van der Waals surface area contributed by atoms with Gasteiger partial charge in [-0.15, -0.1) is 0 Å². The van der Waals surface area contributed by atoms with Crippen molar-refractivity contribution in [2.24, 2.45) is 0 Å². The van der Waals surface area contributed by atoms with Crippen molar-refractivity contribution >= 4 is 5.91 Å². The maximum atomic E-state index is 13.6. The van der Waals surface area contributed by atoms with Gasteiger partial charge in [-0.25, -0.2) is 0 Å². The molecule has 3 aromatic carbocycles. The van der Waals surface area contributed by atoms with Crippen molar-refractivity contribution in [2.75, 3.05) is 34.9 Å². The summed E-state index contributed by atoms with van der Waals surface area (Å²) in [7, 11) is 6.74. The molecule has 1 amide bonds. The highest BCUT2D eigenvalue weighted by Gasteiger charge is 2.22. The first-order valence-corrected chi connectivity index (χ1v) is 11.9. The quantitative estimate of drug-likeness (QED) is 0.302. The molecule has 6 heteroatoms. The Morgan fingerprint density at radius 3 is 2.28 bits per heavy atom. The number of hydrogen-bond donors (Lipinski definition) is 0. The minimum atomic E-state index is -0.0215. The van der Waals surface area contributed by atoms with Gasteiger partial charge in [0.1, 0.15) is 5.75 Å². The van der Waals surface area contributed by atoms with Gasteiger partial charge in [-0.1, -0.05) is 42.5 Å². The Hall–Kier alpha value is -4.19. The maximum Gasteiger partial charge on any atom is 0.255 e. The van der Waals surface area contributed by atoms with E-state index >= 15 is 0 Å². The number of likely N-dealkylation sites (N-methyl/N-ethyl adjacent to an activating group) is 1. The van der Waals surface area contributed by atoms with Crippen LogP contribution in [0.15, 0.2) is 78.9 Å². The average molecular weight is 485 g/mol. The molecule has 0 N–H and O–H groups in total. The lowest BCUT2D eigenvalue weighted by Gasteiger charge is -2.18. The fourth-order valence-corrected chi connectivity index (χ4v) is 4.37. The third kappa shape index (κ3) is 5.08. The van der Waals surface area contributed by atoms with Gasteiger partial charge in [-0.3, -0.25) is 4.79 Å². The van der Waals surface area contributed by atoms with Crippen molar-refractivity contribution in [2.45, 2.75) is 13.3 Å². The van der Waals surface area contributed by atoms with E-state index in [-0.39, 0.29) is 5.91 Å². The van der Waals surface area contributed by atoms with Gasteiger partial charge >= 0.3 is 0 Å². The smallest absolute Gasteiger partial charge is 0.255 e. The molecule has 0 aliphatic heterocycles. The number of aromatic nitrogens is 1. The number of nitrogens with zero attached hydrogens (tertiary/aromatic N) is 2. The lowest BCUT2D eigenvalue weighted by Crippen LogP contribution is -2.29. The predicted octanol–water partition coefficient (Wildman–Crippen LogP) is 5.79. The van der Waals surface area contributed by atoms with Crippen molar-refractivity contribution in [1.82, 2.24) is 9.47 Å². The third-order valence-corrected chi connectivity index (χ3v) is 6.39. The van der Waals surface area contributed by atoms with Crippen LogP contribution in [0.5, 0.6) is 17.2 Å². The van der Waals surface area contributed by atoms with E-state index in [1.54, 1.807) is 26.2 Å². The average Bonchev–Trinajstić information content (AvgIpc) is 3.28. The van der Waals surface area contributed by atoms with E-state index in [0.717, 1.165) is 34.0 Å². The second-order valence-corrected chi connectivity index (χ2v) is 8.60. The standard InChI is InChI=1S/C30H32N2O4/c1-21-26(30(33)31(2)17-16-22-14-15-28(35-4)29(18-22)36-5)20-27(23-10-7-6-8-11-23)32(21)24-12-9-13-25(19-24)34-3/h6-15,18-20H,16-17H2,1-5H3. The summed E-state index contributed by atoms with van der Waals surface area (Å²) < 4.78 is 18.3. The summed E-state index contributed by atoms with van der Waals surface area (Å²) in [5, 5.41) is 0. The maximum absolute atomic E-state index is 13.6. The molecule has 0 aliphatic rings. The highest BCUT2D eigenvalue weighted by Crippen LogP contribution is 2.32. The molecular weight excluding hydrogens is 452 g/mol. The molecule has 0 saturated carbocycles. The molecule has 0 fully saturated rings. The summed E-state index contributed by atoms with van der Waals surface area (Å²) in [6, 6.07) is 25.8. The minimum Gasteiger partial charge on any atom is -0.497 e. The van der Waals surface area contributed by atoms with E-state index in [1.165, 1.54) is 0 Å². The minimum absolute atomic E-state index is 0.0215. The third-order valence-electron chi connectivity index (χ3n) is 6.39. The number of amides is 1. The van der Waals surface area contributed by atoms with Gasteiger partial charge < -0.3 is 23.7 Å². The lowest BCUT2D eigenvalue weighted by atomic mass is 10.1. The van der Waals surface area contributed by atoms with Crippen LogP contribution >= 0.6 is 0 Å². The number of carbonyl (C=O) groups is 1. The molecule has 186 valence electrons. The van der Waals surface area contributed by atoms with Crippen LogP contribution in [-0.4, -0.2) is 50.3 Å². The molecular formula is C30H32N2O4. The molecule has 4 rings (SSSR count). The number of hydrogen-bond acceptors (Lipinski definition) is 4.